The van der Waals surface area contributed by atoms with Crippen LogP contribution in [-0.2, 0) is 5.54 Å². The van der Waals surface area contributed by atoms with Gasteiger partial charge in [-0.15, -0.1) is 0 Å². The molecule has 1 fully saturated rings. The van der Waals surface area contributed by atoms with Crippen LogP contribution in [0.3, 0.4) is 0 Å². The van der Waals surface area contributed by atoms with Gasteiger partial charge in [-0.2, -0.15) is 5.10 Å². The lowest BCUT2D eigenvalue weighted by Gasteiger charge is -2.22. The van der Waals surface area contributed by atoms with Gasteiger partial charge < -0.3 is 5.32 Å². The van der Waals surface area contributed by atoms with Gasteiger partial charge >= 0.3 is 0 Å². The second kappa shape index (κ2) is 5.69. The molecule has 0 saturated heterocycles. The number of carbonyl (C=O) groups is 1. The van der Waals surface area contributed by atoms with Crippen LogP contribution in [0.2, 0.25) is 0 Å². The van der Waals surface area contributed by atoms with Crippen molar-refractivity contribution in [2.24, 2.45) is 0 Å². The first kappa shape index (κ1) is 15.8. The van der Waals surface area contributed by atoms with Crippen LogP contribution in [0.4, 0.5) is 5.82 Å². The Balaban J connectivity index is 1.73. The number of rotatable bonds is 3. The zero-order valence-electron chi connectivity index (χ0n) is 14.8. The summed E-state index contributed by atoms with van der Waals surface area (Å²) in [6.07, 6.45) is 3.96. The smallest absolute Gasteiger partial charge is 0.275 e. The molecule has 1 aromatic carbocycles. The molecule has 0 atom stereocenters. The van der Waals surface area contributed by atoms with Crippen molar-refractivity contribution in [2.75, 3.05) is 5.32 Å². The van der Waals surface area contributed by atoms with Crippen LogP contribution >= 0.6 is 0 Å². The molecule has 4 rings (SSSR count). The standard InChI is InChI=1S/C20H22N4O/c1-20(2,3)24-17(10-11-21-24)23-19(25)18-15(13-8-9-13)12-14-6-4-5-7-16(14)22-18/h4-7,10-13H,8-9H2,1-3H3,(H,23,25). The monoisotopic (exact) mass is 334 g/mol. The molecule has 128 valence electrons. The van der Waals surface area contributed by atoms with E-state index in [2.05, 4.69) is 42.2 Å². The molecule has 25 heavy (non-hydrogen) atoms. The molecule has 2 aromatic heterocycles. The Morgan fingerprint density at radius 3 is 2.68 bits per heavy atom. The number of hydrogen-bond donors (Lipinski definition) is 1. The summed E-state index contributed by atoms with van der Waals surface area (Å²) in [7, 11) is 0. The zero-order chi connectivity index (χ0) is 17.6. The predicted molar refractivity (Wildman–Crippen MR) is 98.9 cm³/mol. The van der Waals surface area contributed by atoms with E-state index in [0.29, 0.717) is 17.4 Å². The van der Waals surface area contributed by atoms with Crippen LogP contribution in [0.15, 0.2) is 42.6 Å². The van der Waals surface area contributed by atoms with E-state index in [-0.39, 0.29) is 11.4 Å². The van der Waals surface area contributed by atoms with Crippen molar-refractivity contribution in [1.29, 1.82) is 0 Å². The van der Waals surface area contributed by atoms with E-state index in [1.807, 2.05) is 35.0 Å². The molecule has 2 heterocycles. The van der Waals surface area contributed by atoms with Crippen LogP contribution in [0.25, 0.3) is 10.9 Å². The molecule has 1 saturated carbocycles. The molecule has 1 aliphatic rings. The van der Waals surface area contributed by atoms with Crippen molar-refractivity contribution in [2.45, 2.75) is 45.1 Å². The number of para-hydroxylation sites is 1. The summed E-state index contributed by atoms with van der Waals surface area (Å²) in [5.74, 6) is 0.971. The molecule has 0 aliphatic heterocycles. The zero-order valence-corrected chi connectivity index (χ0v) is 14.8. The summed E-state index contributed by atoms with van der Waals surface area (Å²) in [5, 5.41) is 8.42. The molecule has 3 aromatic rings. The molecule has 0 spiro atoms. The van der Waals surface area contributed by atoms with Gasteiger partial charge in [0.05, 0.1) is 17.3 Å². The Hall–Kier alpha value is -2.69. The Morgan fingerprint density at radius 1 is 1.20 bits per heavy atom. The summed E-state index contributed by atoms with van der Waals surface area (Å²) in [4.78, 5) is 17.6. The minimum absolute atomic E-state index is 0.168. The van der Waals surface area contributed by atoms with Gasteiger partial charge in [-0.1, -0.05) is 18.2 Å². The first-order valence-electron chi connectivity index (χ1n) is 8.69. The normalized spacial score (nSPS) is 14.7. The second-order valence-corrected chi connectivity index (χ2v) is 7.65. The number of benzene rings is 1. The third-order valence-corrected chi connectivity index (χ3v) is 4.51. The topological polar surface area (TPSA) is 59.8 Å². The van der Waals surface area contributed by atoms with Crippen molar-refractivity contribution in [3.8, 4) is 0 Å². The number of fused-ring (bicyclic) bond motifs is 1. The Labute approximate surface area is 147 Å². The lowest BCUT2D eigenvalue weighted by Crippen LogP contribution is -2.27. The van der Waals surface area contributed by atoms with Gasteiger partial charge in [0, 0.05) is 11.5 Å². The second-order valence-electron chi connectivity index (χ2n) is 7.65. The average molecular weight is 334 g/mol. The van der Waals surface area contributed by atoms with Gasteiger partial charge in [0.1, 0.15) is 11.5 Å². The van der Waals surface area contributed by atoms with Crippen molar-refractivity contribution in [1.82, 2.24) is 14.8 Å². The summed E-state index contributed by atoms with van der Waals surface area (Å²) in [6, 6.07) is 11.9. The van der Waals surface area contributed by atoms with Crippen LogP contribution in [0.5, 0.6) is 0 Å². The molecule has 0 radical (unpaired) electrons. The van der Waals surface area contributed by atoms with E-state index in [9.17, 15) is 4.79 Å². The Morgan fingerprint density at radius 2 is 1.96 bits per heavy atom. The van der Waals surface area contributed by atoms with Gasteiger partial charge in [-0.05, 0) is 57.2 Å². The van der Waals surface area contributed by atoms with E-state index in [1.165, 1.54) is 0 Å². The highest BCUT2D eigenvalue weighted by molar-refractivity contribution is 6.05. The van der Waals surface area contributed by atoms with Gasteiger partial charge in [0.15, 0.2) is 0 Å². The van der Waals surface area contributed by atoms with Crippen molar-refractivity contribution in [3.05, 3.63) is 53.9 Å². The van der Waals surface area contributed by atoms with Crippen LogP contribution in [0.1, 0.15) is 55.6 Å². The Kier molecular flexibility index (Phi) is 3.60. The van der Waals surface area contributed by atoms with Gasteiger partial charge in [0.25, 0.3) is 5.91 Å². The van der Waals surface area contributed by atoms with Crippen molar-refractivity contribution < 1.29 is 4.79 Å². The number of nitrogens with zero attached hydrogens (tertiary/aromatic N) is 3. The van der Waals surface area contributed by atoms with E-state index in [1.54, 1.807) is 6.20 Å². The van der Waals surface area contributed by atoms with E-state index in [0.717, 1.165) is 29.3 Å². The van der Waals surface area contributed by atoms with Crippen molar-refractivity contribution in [3.63, 3.8) is 0 Å². The maximum atomic E-state index is 13.0. The molecule has 0 unspecified atom stereocenters. The largest absolute Gasteiger partial charge is 0.305 e. The Bertz CT molecular complexity index is 948. The number of pyridine rings is 1. The van der Waals surface area contributed by atoms with Crippen LogP contribution in [-0.4, -0.2) is 20.7 Å². The molecule has 1 N–H and O–H groups in total. The van der Waals surface area contributed by atoms with Crippen LogP contribution in [0, 0.1) is 0 Å². The van der Waals surface area contributed by atoms with Gasteiger partial charge in [0.2, 0.25) is 0 Å². The highest BCUT2D eigenvalue weighted by Crippen LogP contribution is 2.42. The number of aromatic nitrogens is 3. The molecule has 5 nitrogen and oxygen atoms in total. The fraction of sp³-hybridized carbons (Fsp3) is 0.350. The van der Waals surface area contributed by atoms with E-state index in [4.69, 9.17) is 0 Å². The van der Waals surface area contributed by atoms with Gasteiger partial charge in [-0.3, -0.25) is 4.79 Å². The minimum atomic E-state index is -0.206. The number of amides is 1. The summed E-state index contributed by atoms with van der Waals surface area (Å²) in [6.45, 7) is 6.17. The lowest BCUT2D eigenvalue weighted by molar-refractivity contribution is 0.102. The number of hydrogen-bond acceptors (Lipinski definition) is 3. The molecule has 1 aliphatic carbocycles. The third-order valence-electron chi connectivity index (χ3n) is 4.51. The highest BCUT2D eigenvalue weighted by Gasteiger charge is 2.30. The van der Waals surface area contributed by atoms with E-state index < -0.39 is 0 Å². The summed E-state index contributed by atoms with van der Waals surface area (Å²) in [5.41, 5.74) is 2.23. The molecular weight excluding hydrogens is 312 g/mol. The summed E-state index contributed by atoms with van der Waals surface area (Å²) >= 11 is 0. The fourth-order valence-corrected chi connectivity index (χ4v) is 3.13. The SMILES string of the molecule is CC(C)(C)n1nccc1NC(=O)c1nc2ccccc2cc1C1CC1. The van der Waals surface area contributed by atoms with Crippen molar-refractivity contribution >= 4 is 22.6 Å². The molecule has 0 bridgehead atoms. The number of nitrogens with one attached hydrogen (secondary N) is 1. The maximum absolute atomic E-state index is 13.0. The number of anilines is 1. The molecular formula is C20H22N4O. The van der Waals surface area contributed by atoms with Crippen LogP contribution < -0.4 is 5.32 Å². The number of carbonyl (C=O) groups excluding carboxylic acids is 1. The quantitative estimate of drug-likeness (QED) is 0.776. The van der Waals surface area contributed by atoms with Gasteiger partial charge in [-0.25, -0.2) is 9.67 Å². The highest BCUT2D eigenvalue weighted by atomic mass is 16.2. The molecule has 5 heteroatoms. The average Bonchev–Trinajstić information content (AvgIpc) is 3.31. The first-order valence-corrected chi connectivity index (χ1v) is 8.69. The van der Waals surface area contributed by atoms with E-state index >= 15 is 0 Å². The molecule has 1 amide bonds. The lowest BCUT2D eigenvalue weighted by atomic mass is 10.0. The minimum Gasteiger partial charge on any atom is -0.305 e. The predicted octanol–water partition coefficient (Wildman–Crippen LogP) is 4.32. The fourth-order valence-electron chi connectivity index (χ4n) is 3.13. The first-order chi connectivity index (χ1) is 11.9. The summed E-state index contributed by atoms with van der Waals surface area (Å²) < 4.78 is 1.82. The third kappa shape index (κ3) is 3.02. The maximum Gasteiger partial charge on any atom is 0.275 e.